The Morgan fingerprint density at radius 3 is 2.68 bits per heavy atom. The van der Waals surface area contributed by atoms with Crippen molar-refractivity contribution in [3.05, 3.63) is 101 Å². The van der Waals surface area contributed by atoms with E-state index in [1.807, 2.05) is 13.8 Å². The second-order valence-electron chi connectivity index (χ2n) is 9.94. The highest BCUT2D eigenvalue weighted by Gasteiger charge is 2.49. The lowest BCUT2D eigenvalue weighted by atomic mass is 9.58. The molecule has 0 amide bonds. The van der Waals surface area contributed by atoms with Gasteiger partial charge in [-0.25, -0.2) is 23.6 Å². The first kappa shape index (κ1) is 23.1. The molecule has 4 aromatic rings. The summed E-state index contributed by atoms with van der Waals surface area (Å²) in [6.45, 7) is 11.5. The predicted octanol–water partition coefficient (Wildman–Crippen LogP) is 6.48. The number of rotatable bonds is 2. The Kier molecular flexibility index (Phi) is 5.23. The highest BCUT2D eigenvalue weighted by Crippen LogP contribution is 2.51. The van der Waals surface area contributed by atoms with Crippen LogP contribution in [0.5, 0.6) is 0 Å². The molecule has 0 saturated heterocycles. The number of pyridine rings is 1. The fourth-order valence-corrected chi connectivity index (χ4v) is 6.06. The van der Waals surface area contributed by atoms with Crippen LogP contribution < -0.4 is 0 Å². The van der Waals surface area contributed by atoms with Crippen molar-refractivity contribution in [2.24, 2.45) is 11.8 Å². The molecule has 2 heterocycles. The van der Waals surface area contributed by atoms with Gasteiger partial charge in [0.1, 0.15) is 11.6 Å². The van der Waals surface area contributed by atoms with Gasteiger partial charge in [-0.15, -0.1) is 0 Å². The van der Waals surface area contributed by atoms with Gasteiger partial charge in [0.2, 0.25) is 5.70 Å². The Morgan fingerprint density at radius 1 is 1.08 bits per heavy atom. The molecule has 0 radical (unpaired) electrons. The standard InChI is InChI=1S/C30H22F2N4O/c1-16-22-11-10-21-26(20-6-4-5-7-23(20)32)35-29(19-12-13-34-24-14-17(31)8-9-18(19)24)36-28(21)30(22,2)15-25(33-3)27(16)37/h4-9,12-16,22H,10-11H2,1-2H3/t16-,22-,30-/m1/s1. The van der Waals surface area contributed by atoms with Crippen molar-refractivity contribution in [3.63, 3.8) is 0 Å². The number of carbonyl (C=O) groups excluding carboxylic acids is 1. The first-order chi connectivity index (χ1) is 17.8. The third-order valence-corrected chi connectivity index (χ3v) is 7.89. The zero-order valence-corrected chi connectivity index (χ0v) is 20.3. The maximum Gasteiger partial charge on any atom is 0.226 e. The molecule has 7 heteroatoms. The van der Waals surface area contributed by atoms with Gasteiger partial charge in [0.15, 0.2) is 11.6 Å². The summed E-state index contributed by atoms with van der Waals surface area (Å²) < 4.78 is 29.1. The lowest BCUT2D eigenvalue weighted by Gasteiger charge is -2.46. The summed E-state index contributed by atoms with van der Waals surface area (Å²) in [4.78, 5) is 30.6. The van der Waals surface area contributed by atoms with Crippen LogP contribution >= 0.6 is 0 Å². The van der Waals surface area contributed by atoms with E-state index in [1.54, 1.807) is 42.6 Å². The van der Waals surface area contributed by atoms with Gasteiger partial charge in [-0.1, -0.05) is 32.1 Å². The topological polar surface area (TPSA) is 60.1 Å². The van der Waals surface area contributed by atoms with Crippen molar-refractivity contribution in [1.29, 1.82) is 0 Å². The van der Waals surface area contributed by atoms with Crippen molar-refractivity contribution in [1.82, 2.24) is 15.0 Å². The molecule has 0 aliphatic heterocycles. The summed E-state index contributed by atoms with van der Waals surface area (Å²) in [5, 5.41) is 0.672. The van der Waals surface area contributed by atoms with Gasteiger partial charge in [-0.3, -0.25) is 4.98 Å². The van der Waals surface area contributed by atoms with Crippen LogP contribution in [0.2, 0.25) is 0 Å². The number of nitrogens with zero attached hydrogens (tertiary/aromatic N) is 4. The van der Waals surface area contributed by atoms with E-state index >= 15 is 4.39 Å². The number of fused-ring (bicyclic) bond motifs is 4. The Labute approximate surface area is 212 Å². The van der Waals surface area contributed by atoms with Crippen molar-refractivity contribution >= 4 is 16.7 Å². The second-order valence-corrected chi connectivity index (χ2v) is 9.94. The molecule has 6 rings (SSSR count). The molecule has 0 spiro atoms. The normalized spacial score (nSPS) is 22.7. The molecule has 0 bridgehead atoms. The largest absolute Gasteiger partial charge is 0.308 e. The third-order valence-electron chi connectivity index (χ3n) is 7.89. The van der Waals surface area contributed by atoms with Crippen LogP contribution in [0.25, 0.3) is 38.4 Å². The van der Waals surface area contributed by atoms with Gasteiger partial charge < -0.3 is 4.79 Å². The Hall–Kier alpha value is -4.31. The van der Waals surface area contributed by atoms with E-state index in [-0.39, 0.29) is 23.3 Å². The zero-order valence-electron chi connectivity index (χ0n) is 20.3. The SMILES string of the molecule is [C-]#[N+]C1=C[C@@]2(C)c3nc(-c4ccnc5cc(F)ccc45)nc(-c4ccccc4F)c3CC[C@@H]2[C@@H](C)C1=O. The number of allylic oxidation sites excluding steroid dienone is 2. The predicted molar refractivity (Wildman–Crippen MR) is 136 cm³/mol. The minimum absolute atomic E-state index is 0.0579. The van der Waals surface area contributed by atoms with Crippen LogP contribution in [0.4, 0.5) is 8.78 Å². The van der Waals surface area contributed by atoms with Crippen LogP contribution in [-0.2, 0) is 16.6 Å². The van der Waals surface area contributed by atoms with E-state index in [9.17, 15) is 9.18 Å². The molecule has 37 heavy (non-hydrogen) atoms. The monoisotopic (exact) mass is 492 g/mol. The molecule has 2 aliphatic rings. The summed E-state index contributed by atoms with van der Waals surface area (Å²) in [7, 11) is 0. The lowest BCUT2D eigenvalue weighted by molar-refractivity contribution is -0.121. The molecule has 2 aromatic heterocycles. The molecular weight excluding hydrogens is 470 g/mol. The van der Waals surface area contributed by atoms with E-state index in [0.29, 0.717) is 52.1 Å². The van der Waals surface area contributed by atoms with Crippen molar-refractivity contribution in [2.45, 2.75) is 32.1 Å². The first-order valence-electron chi connectivity index (χ1n) is 12.2. The lowest BCUT2D eigenvalue weighted by Crippen LogP contribution is -2.46. The number of ketones is 1. The summed E-state index contributed by atoms with van der Waals surface area (Å²) >= 11 is 0. The maximum absolute atomic E-state index is 15.1. The van der Waals surface area contributed by atoms with E-state index in [0.717, 1.165) is 5.56 Å². The number of carbonyl (C=O) groups is 1. The average molecular weight is 493 g/mol. The number of benzene rings is 2. The second kappa shape index (κ2) is 8.38. The van der Waals surface area contributed by atoms with Gasteiger partial charge >= 0.3 is 0 Å². The maximum atomic E-state index is 15.1. The molecule has 0 saturated carbocycles. The summed E-state index contributed by atoms with van der Waals surface area (Å²) in [5.74, 6) is -0.979. The van der Waals surface area contributed by atoms with E-state index in [4.69, 9.17) is 16.5 Å². The van der Waals surface area contributed by atoms with Gasteiger partial charge in [0.25, 0.3) is 0 Å². The van der Waals surface area contributed by atoms with Crippen molar-refractivity contribution in [3.8, 4) is 22.6 Å². The number of Topliss-reactive ketones (excluding diaryl/α,β-unsaturated/α-hetero) is 1. The van der Waals surface area contributed by atoms with Gasteiger partial charge in [0, 0.05) is 45.7 Å². The number of hydrogen-bond donors (Lipinski definition) is 0. The molecule has 182 valence electrons. The van der Waals surface area contributed by atoms with Gasteiger partial charge in [0.05, 0.1) is 23.5 Å². The van der Waals surface area contributed by atoms with Crippen molar-refractivity contribution < 1.29 is 13.6 Å². The Balaban J connectivity index is 1.69. The van der Waals surface area contributed by atoms with Crippen LogP contribution in [0.3, 0.4) is 0 Å². The molecule has 2 aliphatic carbocycles. The van der Waals surface area contributed by atoms with E-state index in [2.05, 4.69) is 9.83 Å². The highest BCUT2D eigenvalue weighted by atomic mass is 19.1. The zero-order chi connectivity index (χ0) is 25.9. The minimum atomic E-state index is -0.715. The Bertz CT molecular complexity index is 1690. The smallest absolute Gasteiger partial charge is 0.226 e. The van der Waals surface area contributed by atoms with E-state index < -0.39 is 17.0 Å². The summed E-state index contributed by atoms with van der Waals surface area (Å²) in [6, 6.07) is 12.6. The molecule has 0 N–H and O–H groups in total. The molecule has 0 fully saturated rings. The number of hydrogen-bond acceptors (Lipinski definition) is 4. The summed E-state index contributed by atoms with van der Waals surface area (Å²) in [5.41, 5.74) is 2.87. The van der Waals surface area contributed by atoms with Gasteiger partial charge in [-0.05, 0) is 49.1 Å². The number of aromatic nitrogens is 3. The van der Waals surface area contributed by atoms with Crippen LogP contribution in [0.15, 0.2) is 66.5 Å². The minimum Gasteiger partial charge on any atom is -0.308 e. The molecule has 3 atom stereocenters. The third kappa shape index (κ3) is 3.47. The van der Waals surface area contributed by atoms with Gasteiger partial charge in [-0.2, -0.15) is 0 Å². The molecular formula is C30H22F2N4O. The average Bonchev–Trinajstić information content (AvgIpc) is 2.90. The van der Waals surface area contributed by atoms with Crippen LogP contribution in [0, 0.1) is 30.0 Å². The van der Waals surface area contributed by atoms with Crippen molar-refractivity contribution in [2.75, 3.05) is 0 Å². The Morgan fingerprint density at radius 2 is 1.89 bits per heavy atom. The molecule has 0 unspecified atom stereocenters. The quantitative estimate of drug-likeness (QED) is 0.301. The first-order valence-corrected chi connectivity index (χ1v) is 12.2. The van der Waals surface area contributed by atoms with E-state index in [1.165, 1.54) is 18.2 Å². The molecule has 5 nitrogen and oxygen atoms in total. The van der Waals surface area contributed by atoms with Crippen LogP contribution in [0.1, 0.15) is 31.5 Å². The fraction of sp³-hybridized carbons (Fsp3) is 0.233. The highest BCUT2D eigenvalue weighted by molar-refractivity contribution is 6.00. The number of halogens is 2. The fourth-order valence-electron chi connectivity index (χ4n) is 6.06. The molecule has 2 aromatic carbocycles. The van der Waals surface area contributed by atoms with Crippen LogP contribution in [-0.4, -0.2) is 20.7 Å². The summed E-state index contributed by atoms with van der Waals surface area (Å²) in [6.07, 6.45) is 4.60.